The average molecular weight is 641 g/mol. The average Bonchev–Trinajstić information content (AvgIpc) is 3.06. The molecule has 0 saturated carbocycles. The van der Waals surface area contributed by atoms with Gasteiger partial charge in [-0.05, 0) is 77.0 Å². The van der Waals surface area contributed by atoms with E-state index < -0.39 is 63.3 Å². The molecule has 4 aliphatic rings. The van der Waals surface area contributed by atoms with E-state index >= 15 is 0 Å². The first-order chi connectivity index (χ1) is 20.9. The maximum absolute atomic E-state index is 13.2. The van der Waals surface area contributed by atoms with Crippen LogP contribution < -0.4 is 0 Å². The lowest BCUT2D eigenvalue weighted by Crippen LogP contribution is -2.58. The molecule has 2 N–H and O–H groups in total. The van der Waals surface area contributed by atoms with Gasteiger partial charge in [0.1, 0.15) is 24.4 Å². The Morgan fingerprint density at radius 2 is 1.00 bits per heavy atom. The Labute approximate surface area is 255 Å². The normalized spacial score (nSPS) is 31.2. The minimum absolute atomic E-state index is 0.106. The van der Waals surface area contributed by atoms with Crippen molar-refractivity contribution in [2.45, 2.75) is 133 Å². The first kappa shape index (κ1) is 35.6. The third-order valence-corrected chi connectivity index (χ3v) is 10.2. The summed E-state index contributed by atoms with van der Waals surface area (Å²) in [6.07, 6.45) is 1.26. The van der Waals surface area contributed by atoms with Gasteiger partial charge in [-0.15, -0.1) is 0 Å². The zero-order valence-electron chi connectivity index (χ0n) is 25.8. The van der Waals surface area contributed by atoms with Crippen LogP contribution in [0.2, 0.25) is 0 Å². The number of aliphatic hydroxyl groups excluding tert-OH is 2. The topological polar surface area (TPSA) is 150 Å². The smallest absolute Gasteiger partial charge is 0.332 e. The number of hydrogen-bond donors (Lipinski definition) is 2. The molecule has 4 rings (SSSR count). The van der Waals surface area contributed by atoms with Crippen molar-refractivity contribution < 1.29 is 61.7 Å². The van der Waals surface area contributed by atoms with Crippen LogP contribution in [0.4, 0.5) is 0 Å². The van der Waals surface area contributed by atoms with Gasteiger partial charge in [0.25, 0.3) is 0 Å². The summed E-state index contributed by atoms with van der Waals surface area (Å²) >= 11 is 0. The van der Waals surface area contributed by atoms with Crippen molar-refractivity contribution in [2.75, 3.05) is 53.4 Å². The molecule has 4 aliphatic heterocycles. The molecule has 9 atom stereocenters. The molecular weight excluding hydrogens is 587 g/mol. The number of ether oxygens (including phenoxy) is 8. The van der Waals surface area contributed by atoms with Crippen molar-refractivity contribution in [2.24, 2.45) is 0 Å². The molecule has 0 aromatic heterocycles. The Morgan fingerprint density at radius 3 is 1.40 bits per heavy atom. The molecule has 0 amide bonds. The third kappa shape index (κ3) is 11.5. The second kappa shape index (κ2) is 18.8. The van der Waals surface area contributed by atoms with Crippen LogP contribution in [0.5, 0.6) is 0 Å². The first-order valence-corrected chi connectivity index (χ1v) is 17.7. The molecule has 0 spiro atoms. The van der Waals surface area contributed by atoms with Crippen molar-refractivity contribution in [3.05, 3.63) is 0 Å². The highest BCUT2D eigenvalue weighted by atomic mass is 31.2. The highest BCUT2D eigenvalue weighted by molar-refractivity contribution is 7.53. The van der Waals surface area contributed by atoms with Gasteiger partial charge in [0.05, 0.1) is 18.9 Å². The van der Waals surface area contributed by atoms with E-state index in [0.717, 1.165) is 57.8 Å². The minimum atomic E-state index is -3.67. The fraction of sp³-hybridized carbons (Fsp3) is 1.00. The van der Waals surface area contributed by atoms with Crippen LogP contribution in [0.1, 0.15) is 77.0 Å². The highest BCUT2D eigenvalue weighted by Gasteiger charge is 2.46. The fourth-order valence-corrected chi connectivity index (χ4v) is 6.91. The van der Waals surface area contributed by atoms with Gasteiger partial charge in [0, 0.05) is 40.6 Å². The number of hydrogen-bond acceptors (Lipinski definition) is 13. The first-order valence-electron chi connectivity index (χ1n) is 16.0. The zero-order valence-corrected chi connectivity index (χ0v) is 26.7. The van der Waals surface area contributed by atoms with E-state index in [1.807, 2.05) is 0 Å². The van der Waals surface area contributed by atoms with Gasteiger partial charge in [-0.1, -0.05) is 0 Å². The maximum Gasteiger partial charge on any atom is 0.332 e. The van der Waals surface area contributed by atoms with Crippen LogP contribution in [0, 0.1) is 0 Å². The van der Waals surface area contributed by atoms with Gasteiger partial charge in [0.15, 0.2) is 25.2 Å². The number of rotatable bonds is 17. The Kier molecular flexibility index (Phi) is 15.6. The van der Waals surface area contributed by atoms with Gasteiger partial charge in [-0.2, -0.15) is 0 Å². The summed E-state index contributed by atoms with van der Waals surface area (Å²) in [7, 11) is -1.14. The van der Waals surface area contributed by atoms with E-state index in [9.17, 15) is 14.8 Å². The maximum atomic E-state index is 13.2. The lowest BCUT2D eigenvalue weighted by Gasteiger charge is -2.42. The van der Waals surface area contributed by atoms with Crippen molar-refractivity contribution >= 4 is 7.60 Å². The zero-order chi connectivity index (χ0) is 30.5. The molecule has 252 valence electrons. The fourth-order valence-electron chi connectivity index (χ4n) is 5.80. The molecular formula is C29H53O13P. The Hall–Kier alpha value is -0.250. The predicted octanol–water partition coefficient (Wildman–Crippen LogP) is 3.47. The summed E-state index contributed by atoms with van der Waals surface area (Å²) in [5.41, 5.74) is 0. The SMILES string of the molecule is COP(=O)(C[C@H](O)[C@H](OC1CCCCO1)[C@@H](OC1CCCCO1)[C@H](OC1CCCCO1)[C@H](O)COC1CCCCO1)OC. The molecule has 4 heterocycles. The van der Waals surface area contributed by atoms with Crippen LogP contribution in [0.3, 0.4) is 0 Å². The van der Waals surface area contributed by atoms with Crippen LogP contribution >= 0.6 is 7.60 Å². The quantitative estimate of drug-likeness (QED) is 0.224. The van der Waals surface area contributed by atoms with Crippen LogP contribution in [0.15, 0.2) is 0 Å². The molecule has 4 unspecified atom stereocenters. The molecule has 0 radical (unpaired) electrons. The molecule has 14 heteroatoms. The Bertz CT molecular complexity index is 789. The molecule has 0 aliphatic carbocycles. The lowest BCUT2D eigenvalue weighted by atomic mass is 9.98. The van der Waals surface area contributed by atoms with Crippen LogP contribution in [-0.4, -0.2) is 119 Å². The van der Waals surface area contributed by atoms with Crippen molar-refractivity contribution in [1.29, 1.82) is 0 Å². The minimum Gasteiger partial charge on any atom is -0.390 e. The largest absolute Gasteiger partial charge is 0.390 e. The van der Waals surface area contributed by atoms with Crippen LogP contribution in [-0.2, 0) is 51.5 Å². The summed E-state index contributed by atoms with van der Waals surface area (Å²) in [5, 5.41) is 23.3. The lowest BCUT2D eigenvalue weighted by molar-refractivity contribution is -0.309. The molecule has 4 saturated heterocycles. The summed E-state index contributed by atoms with van der Waals surface area (Å²) in [5.74, 6) is 0. The van der Waals surface area contributed by atoms with E-state index in [0.29, 0.717) is 45.7 Å². The van der Waals surface area contributed by atoms with Crippen LogP contribution in [0.25, 0.3) is 0 Å². The van der Waals surface area contributed by atoms with Gasteiger partial charge in [-0.25, -0.2) is 0 Å². The van der Waals surface area contributed by atoms with Crippen molar-refractivity contribution in [3.63, 3.8) is 0 Å². The summed E-state index contributed by atoms with van der Waals surface area (Å²) in [6, 6.07) is 0. The van der Waals surface area contributed by atoms with E-state index in [2.05, 4.69) is 0 Å². The second-order valence-corrected chi connectivity index (χ2v) is 13.9. The predicted molar refractivity (Wildman–Crippen MR) is 153 cm³/mol. The molecule has 0 aromatic rings. The highest BCUT2D eigenvalue weighted by Crippen LogP contribution is 2.48. The van der Waals surface area contributed by atoms with E-state index in [4.69, 9.17) is 46.9 Å². The molecule has 0 bridgehead atoms. The summed E-state index contributed by atoms with van der Waals surface area (Å²) in [4.78, 5) is 0. The van der Waals surface area contributed by atoms with E-state index in [-0.39, 0.29) is 12.8 Å². The standard InChI is InChI=1S/C29H53O13P/c1-33-43(32,34-2)20-22(31)28(41-25-13-5-9-17-37-25)29(42-26-14-6-10-18-38-26)27(40-24-12-4-8-16-36-24)21(30)19-39-23-11-3-7-15-35-23/h21-31H,3-20H2,1-2H3/t21-,22+,23?,24?,25?,26?,27-,28+,29+/m1/s1. The van der Waals surface area contributed by atoms with Gasteiger partial charge in [-0.3, -0.25) is 4.57 Å². The van der Waals surface area contributed by atoms with Gasteiger partial charge in [0.2, 0.25) is 0 Å². The Balaban J connectivity index is 1.64. The van der Waals surface area contributed by atoms with Crippen molar-refractivity contribution in [3.8, 4) is 0 Å². The molecule has 0 aromatic carbocycles. The number of aliphatic hydroxyl groups is 2. The molecule has 4 fully saturated rings. The van der Waals surface area contributed by atoms with Gasteiger partial charge >= 0.3 is 7.60 Å². The molecule has 13 nitrogen and oxygen atoms in total. The second-order valence-electron chi connectivity index (χ2n) is 11.6. The Morgan fingerprint density at radius 1 is 0.605 bits per heavy atom. The van der Waals surface area contributed by atoms with Crippen molar-refractivity contribution in [1.82, 2.24) is 0 Å². The van der Waals surface area contributed by atoms with E-state index in [1.165, 1.54) is 14.2 Å². The summed E-state index contributed by atoms with van der Waals surface area (Å²) < 4.78 is 72.3. The third-order valence-electron chi connectivity index (χ3n) is 8.30. The summed E-state index contributed by atoms with van der Waals surface area (Å²) in [6.45, 7) is 2.05. The monoisotopic (exact) mass is 640 g/mol. The molecule has 43 heavy (non-hydrogen) atoms. The van der Waals surface area contributed by atoms with Gasteiger partial charge < -0.3 is 57.2 Å². The van der Waals surface area contributed by atoms with E-state index in [1.54, 1.807) is 0 Å².